The normalized spacial score (nSPS) is 24.2. The van der Waals surface area contributed by atoms with Gasteiger partial charge in [-0.25, -0.2) is 9.97 Å². The maximum Gasteiger partial charge on any atom is 0.246 e. The van der Waals surface area contributed by atoms with Crippen LogP contribution in [0.1, 0.15) is 103 Å². The molecule has 5 fully saturated rings. The molecule has 0 bridgehead atoms. The molecule has 4 aromatic rings. The van der Waals surface area contributed by atoms with E-state index in [0.717, 1.165) is 107 Å². The lowest BCUT2D eigenvalue weighted by atomic mass is 9.56. The molecule has 2 aliphatic carbocycles. The number of halogens is 1. The average Bonchev–Trinajstić information content (AvgIpc) is 3.78. The van der Waals surface area contributed by atoms with Crippen molar-refractivity contribution < 1.29 is 24.6 Å². The number of aromatic hydroxyl groups is 1. The highest BCUT2D eigenvalue weighted by molar-refractivity contribution is 6.30. The lowest BCUT2D eigenvalue weighted by molar-refractivity contribution is -0.145. The summed E-state index contributed by atoms with van der Waals surface area (Å²) >= 11 is 5.97. The summed E-state index contributed by atoms with van der Waals surface area (Å²) in [6.07, 6.45) is 11.4. The van der Waals surface area contributed by atoms with Gasteiger partial charge in [0.25, 0.3) is 0 Å². The molecule has 0 radical (unpaired) electrons. The van der Waals surface area contributed by atoms with Gasteiger partial charge in [-0.1, -0.05) is 56.3 Å². The lowest BCUT2D eigenvalue weighted by Gasteiger charge is -2.55. The number of aliphatic hydroxyl groups excluding tert-OH is 1. The number of likely N-dealkylation sites (tertiary alicyclic amines) is 2. The van der Waals surface area contributed by atoms with Crippen LogP contribution in [-0.4, -0.2) is 141 Å². The van der Waals surface area contributed by atoms with E-state index < -0.39 is 23.6 Å². The number of anilines is 3. The molecule has 9 rings (SSSR count). The Labute approximate surface area is 428 Å². The number of aliphatic hydroxyl groups is 1. The van der Waals surface area contributed by atoms with Crippen LogP contribution in [0.3, 0.4) is 0 Å². The topological polar surface area (TPSA) is 192 Å². The Morgan fingerprint density at radius 2 is 1.57 bits per heavy atom. The van der Waals surface area contributed by atoms with Crippen molar-refractivity contribution in [3.8, 4) is 28.8 Å². The number of phenols is 1. The van der Waals surface area contributed by atoms with Gasteiger partial charge in [-0.2, -0.15) is 0 Å². The summed E-state index contributed by atoms with van der Waals surface area (Å²) < 4.78 is 0. The van der Waals surface area contributed by atoms with Gasteiger partial charge in [0.05, 0.1) is 24.0 Å². The summed E-state index contributed by atoms with van der Waals surface area (Å²) in [7, 11) is 0. The van der Waals surface area contributed by atoms with Crippen LogP contribution in [0.15, 0.2) is 67.0 Å². The molecule has 382 valence electrons. The zero-order valence-corrected chi connectivity index (χ0v) is 42.9. The Bertz CT molecular complexity index is 2600. The first-order chi connectivity index (χ1) is 34.7. The smallest absolute Gasteiger partial charge is 0.246 e. The van der Waals surface area contributed by atoms with Crippen molar-refractivity contribution in [2.45, 2.75) is 116 Å². The van der Waals surface area contributed by atoms with E-state index >= 15 is 0 Å². The van der Waals surface area contributed by atoms with E-state index in [1.807, 2.05) is 58.3 Å². The van der Waals surface area contributed by atoms with Crippen molar-refractivity contribution in [1.82, 2.24) is 40.6 Å². The number of nitrogens with one attached hydrogen (secondary N) is 3. The third kappa shape index (κ3) is 11.6. The number of amides is 3. The molecule has 2 saturated carbocycles. The number of para-hydroxylation sites is 1. The maximum atomic E-state index is 14.2. The van der Waals surface area contributed by atoms with Gasteiger partial charge in [-0.15, -0.1) is 10.2 Å². The number of rotatable bonds is 12. The fraction of sp³-hybridized carbons (Fsp3) is 0.545. The fourth-order valence-electron chi connectivity index (χ4n) is 11.6. The molecule has 2 aromatic heterocycles. The van der Waals surface area contributed by atoms with Gasteiger partial charge < -0.3 is 45.8 Å². The zero-order chi connectivity index (χ0) is 50.6. The molecule has 3 amide bonds. The van der Waals surface area contributed by atoms with Crippen molar-refractivity contribution >= 4 is 46.8 Å². The summed E-state index contributed by atoms with van der Waals surface area (Å²) in [6, 6.07) is 15.2. The van der Waals surface area contributed by atoms with Gasteiger partial charge in [0, 0.05) is 86.2 Å². The minimum atomic E-state index is -0.859. The van der Waals surface area contributed by atoms with Crippen LogP contribution in [0.2, 0.25) is 5.02 Å². The van der Waals surface area contributed by atoms with Crippen LogP contribution in [0.4, 0.5) is 17.5 Å². The van der Waals surface area contributed by atoms with Crippen LogP contribution in [0.5, 0.6) is 5.75 Å². The standard InChI is InChI=1S/C55H70ClN11O5/c1-5-57-49-45(30-44(62-63-49)43-10-6-7-11-47(43)69)65-25-27-66(28-26-65)53-59-33-39(34-60-53)37-18-23-64(24-19-37)41-31-55(32-41)20-16-38(17-21-55)50(70)61-48(54(2,3)4)52(72)67-35-42(68)29-46(67)51(71)58-22-8-9-36-12-14-40(56)15-13-36/h6-7,10-15,30,33-34,37-38,41-42,46,48,68-69H,5,16-29,31-32,35H2,1-4H3,(H,57,63)(H,58,71)(H,61,70)/t38?,41?,42-,46+,48-,55?/m1/s1. The Morgan fingerprint density at radius 1 is 0.889 bits per heavy atom. The molecule has 3 atom stereocenters. The third-order valence-corrected chi connectivity index (χ3v) is 16.1. The summed E-state index contributed by atoms with van der Waals surface area (Å²) in [5.74, 6) is 7.03. The molecule has 16 nitrogen and oxygen atoms in total. The predicted octanol–water partition coefficient (Wildman–Crippen LogP) is 6.23. The molecular weight excluding hydrogens is 930 g/mol. The second-order valence-electron chi connectivity index (χ2n) is 21.7. The number of benzene rings is 2. The van der Waals surface area contributed by atoms with Crippen molar-refractivity contribution in [1.29, 1.82) is 0 Å². The Hall–Kier alpha value is -6.02. The first-order valence-corrected chi connectivity index (χ1v) is 26.3. The molecular formula is C55H70ClN11O5. The van der Waals surface area contributed by atoms with Gasteiger partial charge in [0.15, 0.2) is 5.82 Å². The second kappa shape index (κ2) is 22.0. The Kier molecular flexibility index (Phi) is 15.5. The number of β-amino-alcohol motifs (C(OH)–C–C–N with tert-alkyl or cyclic N) is 1. The number of aromatic nitrogens is 4. The number of hydrogen-bond acceptors (Lipinski definition) is 13. The SMILES string of the molecule is CCNc1nnc(-c2ccccc2O)cc1N1CCN(c2ncc(C3CCN(C4CC5(CCC(C(=O)N[C@H](C(=O)N6C[C@H](O)C[C@H]6C(=O)NCC#Cc6ccc(Cl)cc6)C(C)(C)C)CC5)C4)CC3)cn2)CC1. The van der Waals surface area contributed by atoms with Crippen LogP contribution >= 0.6 is 11.6 Å². The molecule has 1 spiro atoms. The fourth-order valence-corrected chi connectivity index (χ4v) is 11.7. The summed E-state index contributed by atoms with van der Waals surface area (Å²) in [4.78, 5) is 59.9. The predicted molar refractivity (Wildman–Crippen MR) is 280 cm³/mol. The Morgan fingerprint density at radius 3 is 2.24 bits per heavy atom. The van der Waals surface area contributed by atoms with E-state index in [2.05, 4.69) is 52.7 Å². The number of carbonyl (C=O) groups is 3. The minimum absolute atomic E-state index is 0.0267. The maximum absolute atomic E-state index is 14.2. The zero-order valence-electron chi connectivity index (χ0n) is 42.1. The molecule has 0 unspecified atom stereocenters. The van der Waals surface area contributed by atoms with E-state index in [4.69, 9.17) is 21.6 Å². The number of phenolic OH excluding ortho intramolecular Hbond substituents is 1. The molecule has 3 saturated heterocycles. The van der Waals surface area contributed by atoms with Crippen LogP contribution in [-0.2, 0) is 14.4 Å². The quantitative estimate of drug-likeness (QED) is 0.101. The molecule has 3 aliphatic heterocycles. The third-order valence-electron chi connectivity index (χ3n) is 15.8. The summed E-state index contributed by atoms with van der Waals surface area (Å²) in [5, 5.41) is 39.9. The minimum Gasteiger partial charge on any atom is -0.507 e. The largest absolute Gasteiger partial charge is 0.507 e. The van der Waals surface area contributed by atoms with Gasteiger partial charge in [0.2, 0.25) is 23.7 Å². The summed E-state index contributed by atoms with van der Waals surface area (Å²) in [6.45, 7) is 13.8. The van der Waals surface area contributed by atoms with E-state index in [1.165, 1.54) is 23.3 Å². The summed E-state index contributed by atoms with van der Waals surface area (Å²) in [5.41, 5.74) is 3.88. The monoisotopic (exact) mass is 1000 g/mol. The second-order valence-corrected chi connectivity index (χ2v) is 22.1. The van der Waals surface area contributed by atoms with E-state index in [9.17, 15) is 24.6 Å². The Balaban J connectivity index is 0.709. The van der Waals surface area contributed by atoms with Gasteiger partial charge in [-0.05, 0) is 136 Å². The van der Waals surface area contributed by atoms with Gasteiger partial charge in [-0.3, -0.25) is 14.4 Å². The van der Waals surface area contributed by atoms with Crippen LogP contribution in [0.25, 0.3) is 11.3 Å². The number of piperazine rings is 1. The van der Waals surface area contributed by atoms with Crippen molar-refractivity contribution in [3.63, 3.8) is 0 Å². The molecule has 2 aromatic carbocycles. The van der Waals surface area contributed by atoms with Crippen LogP contribution in [0, 0.1) is 28.6 Å². The molecule has 5 N–H and O–H groups in total. The van der Waals surface area contributed by atoms with E-state index in [1.54, 1.807) is 36.4 Å². The van der Waals surface area contributed by atoms with Crippen molar-refractivity contribution in [3.05, 3.63) is 83.1 Å². The molecule has 5 aliphatic rings. The highest BCUT2D eigenvalue weighted by Gasteiger charge is 2.50. The molecule has 72 heavy (non-hydrogen) atoms. The highest BCUT2D eigenvalue weighted by atomic mass is 35.5. The first-order valence-electron chi connectivity index (χ1n) is 25.9. The molecule has 5 heterocycles. The lowest BCUT2D eigenvalue weighted by Crippen LogP contribution is -2.59. The number of carbonyl (C=O) groups excluding carboxylic acids is 3. The number of piperidine rings is 1. The highest BCUT2D eigenvalue weighted by Crippen LogP contribution is 2.55. The average molecular weight is 1000 g/mol. The van der Waals surface area contributed by atoms with Crippen molar-refractivity contribution in [2.24, 2.45) is 16.7 Å². The first kappa shape index (κ1) is 50.9. The van der Waals surface area contributed by atoms with Crippen LogP contribution < -0.4 is 25.8 Å². The van der Waals surface area contributed by atoms with Gasteiger partial charge in [0.1, 0.15) is 17.8 Å². The van der Waals surface area contributed by atoms with Crippen molar-refractivity contribution in [2.75, 3.05) is 74.0 Å². The number of hydrogen-bond donors (Lipinski definition) is 5. The van der Waals surface area contributed by atoms with E-state index in [0.29, 0.717) is 28.2 Å². The molecule has 17 heteroatoms. The van der Waals surface area contributed by atoms with Gasteiger partial charge >= 0.3 is 0 Å². The number of nitrogens with zero attached hydrogens (tertiary/aromatic N) is 8. The van der Waals surface area contributed by atoms with E-state index in [-0.39, 0.29) is 54.3 Å².